The lowest BCUT2D eigenvalue weighted by Gasteiger charge is -2.40. The standard InChI is InChI=1S/C78H145NO8/c1-3-5-7-9-11-13-15-17-19-21-23-25-27-29-31-33-35-36-38-40-42-44-46-48-50-52-54-56-58-60-62-64-66-68-74(82)79-71(70-86-78-77(85)76(84)75(83)73(69-80)87-78)72(81)67-65-63-61-59-57-55-53-51-49-47-45-43-41-39-37-34-32-30-28-26-24-22-20-18-16-14-12-10-8-6-4-2/h5,7,11,13,17,19,23,25,65,67,71-73,75-78,80-81,83-85H,3-4,6,8-10,12,14-16,18,20-22,24,26-64,66,68-70H2,1-2H3,(H,79,82)/b7-5-,13-11-,19-17-,25-23-,67-65+. The highest BCUT2D eigenvalue weighted by Gasteiger charge is 2.44. The van der Waals surface area contributed by atoms with E-state index in [1.54, 1.807) is 6.08 Å². The lowest BCUT2D eigenvalue weighted by Crippen LogP contribution is -2.60. The van der Waals surface area contributed by atoms with Crippen molar-refractivity contribution in [1.29, 1.82) is 0 Å². The van der Waals surface area contributed by atoms with Gasteiger partial charge in [-0.15, -0.1) is 0 Å². The molecule has 0 aliphatic carbocycles. The molecule has 1 rings (SSSR count). The lowest BCUT2D eigenvalue weighted by atomic mass is 9.99. The van der Waals surface area contributed by atoms with Crippen LogP contribution in [0.1, 0.15) is 373 Å². The number of carbonyl (C=O) groups is 1. The Hall–Kier alpha value is -2.11. The maximum absolute atomic E-state index is 13.2. The Morgan fingerprint density at radius 3 is 1.06 bits per heavy atom. The number of aliphatic hydroxyl groups excluding tert-OH is 5. The van der Waals surface area contributed by atoms with Crippen LogP contribution in [0.5, 0.6) is 0 Å². The van der Waals surface area contributed by atoms with E-state index in [1.165, 1.54) is 289 Å². The van der Waals surface area contributed by atoms with Gasteiger partial charge in [-0.2, -0.15) is 0 Å². The van der Waals surface area contributed by atoms with Crippen LogP contribution in [-0.4, -0.2) is 87.5 Å². The van der Waals surface area contributed by atoms with Gasteiger partial charge in [-0.05, 0) is 57.8 Å². The Balaban J connectivity index is 2.09. The van der Waals surface area contributed by atoms with Crippen LogP contribution in [-0.2, 0) is 14.3 Å². The molecule has 510 valence electrons. The average molecular weight is 1230 g/mol. The fourth-order valence-corrected chi connectivity index (χ4v) is 12.2. The highest BCUT2D eigenvalue weighted by molar-refractivity contribution is 5.76. The molecule has 0 bridgehead atoms. The van der Waals surface area contributed by atoms with Crippen molar-refractivity contribution < 1.29 is 39.8 Å². The molecule has 9 nitrogen and oxygen atoms in total. The summed E-state index contributed by atoms with van der Waals surface area (Å²) in [6.07, 6.45) is 86.4. The number of hydrogen-bond donors (Lipinski definition) is 6. The molecule has 1 aliphatic heterocycles. The van der Waals surface area contributed by atoms with E-state index < -0.39 is 49.5 Å². The van der Waals surface area contributed by atoms with Gasteiger partial charge in [-0.25, -0.2) is 0 Å². The minimum atomic E-state index is -1.57. The van der Waals surface area contributed by atoms with Crippen LogP contribution >= 0.6 is 0 Å². The monoisotopic (exact) mass is 1220 g/mol. The molecule has 0 radical (unpaired) electrons. The molecule has 6 N–H and O–H groups in total. The second-order valence-electron chi connectivity index (χ2n) is 26.4. The topological polar surface area (TPSA) is 149 Å². The third-order valence-electron chi connectivity index (χ3n) is 18.1. The Kier molecular flexibility index (Phi) is 63.7. The van der Waals surface area contributed by atoms with E-state index in [2.05, 4.69) is 67.8 Å². The highest BCUT2D eigenvalue weighted by atomic mass is 16.7. The van der Waals surface area contributed by atoms with Crippen molar-refractivity contribution in [3.63, 3.8) is 0 Å². The molecule has 7 atom stereocenters. The molecule has 1 saturated heterocycles. The van der Waals surface area contributed by atoms with Gasteiger partial charge in [0.15, 0.2) is 6.29 Å². The van der Waals surface area contributed by atoms with Crippen LogP contribution in [0.25, 0.3) is 0 Å². The minimum Gasteiger partial charge on any atom is -0.394 e. The quantitative estimate of drug-likeness (QED) is 0.0261. The first-order valence-electron chi connectivity index (χ1n) is 38.0. The predicted octanol–water partition coefficient (Wildman–Crippen LogP) is 21.3. The van der Waals surface area contributed by atoms with E-state index in [4.69, 9.17) is 9.47 Å². The summed E-state index contributed by atoms with van der Waals surface area (Å²) in [7, 11) is 0. The van der Waals surface area contributed by atoms with E-state index in [0.717, 1.165) is 64.2 Å². The summed E-state index contributed by atoms with van der Waals surface area (Å²) in [5.74, 6) is -0.170. The average Bonchev–Trinajstić information content (AvgIpc) is 3.38. The summed E-state index contributed by atoms with van der Waals surface area (Å²) in [6.45, 7) is 3.72. The summed E-state index contributed by atoms with van der Waals surface area (Å²) < 4.78 is 11.3. The zero-order valence-electron chi connectivity index (χ0n) is 57.3. The zero-order chi connectivity index (χ0) is 62.8. The van der Waals surface area contributed by atoms with Crippen molar-refractivity contribution in [3.05, 3.63) is 60.8 Å². The molecule has 0 spiro atoms. The maximum Gasteiger partial charge on any atom is 0.220 e. The van der Waals surface area contributed by atoms with Crippen LogP contribution < -0.4 is 5.32 Å². The third-order valence-corrected chi connectivity index (χ3v) is 18.1. The SMILES string of the molecule is CC/C=C\C/C=C\C/C=C\C/C=C\CCCCCCCCCCCCCCCCCCCCCCC(=O)NC(COC1OC(CO)C(O)C(O)C1O)C(O)/C=C/CCCCCCCCCCCCCCCCCCCCCCCCCCCCCCC. The predicted molar refractivity (Wildman–Crippen MR) is 373 cm³/mol. The Morgan fingerprint density at radius 2 is 0.713 bits per heavy atom. The smallest absolute Gasteiger partial charge is 0.220 e. The van der Waals surface area contributed by atoms with Gasteiger partial charge >= 0.3 is 0 Å². The molecule has 1 amide bonds. The number of rotatable bonds is 67. The summed E-state index contributed by atoms with van der Waals surface area (Å²) in [6, 6.07) is -0.807. The maximum atomic E-state index is 13.2. The van der Waals surface area contributed by atoms with E-state index in [1.807, 2.05) is 6.08 Å². The van der Waals surface area contributed by atoms with Gasteiger partial charge in [0, 0.05) is 6.42 Å². The molecule has 0 aromatic rings. The zero-order valence-corrected chi connectivity index (χ0v) is 57.3. The molecular weight excluding hydrogens is 1080 g/mol. The molecule has 1 fully saturated rings. The van der Waals surface area contributed by atoms with Gasteiger partial charge in [-0.3, -0.25) is 4.79 Å². The van der Waals surface area contributed by atoms with Gasteiger partial charge < -0.3 is 40.3 Å². The number of aliphatic hydroxyl groups is 5. The summed E-state index contributed by atoms with van der Waals surface area (Å²) in [4.78, 5) is 13.2. The van der Waals surface area contributed by atoms with Gasteiger partial charge in [0.25, 0.3) is 0 Å². The van der Waals surface area contributed by atoms with Crippen molar-refractivity contribution >= 4 is 5.91 Å². The molecule has 0 aromatic carbocycles. The van der Waals surface area contributed by atoms with Crippen molar-refractivity contribution in [1.82, 2.24) is 5.32 Å². The number of carbonyl (C=O) groups excluding carboxylic acids is 1. The molecule has 7 unspecified atom stereocenters. The number of nitrogens with one attached hydrogen (secondary N) is 1. The second-order valence-corrected chi connectivity index (χ2v) is 26.4. The fourth-order valence-electron chi connectivity index (χ4n) is 12.2. The molecule has 9 heteroatoms. The largest absolute Gasteiger partial charge is 0.394 e. The first kappa shape index (κ1) is 82.9. The van der Waals surface area contributed by atoms with E-state index in [0.29, 0.717) is 6.42 Å². The van der Waals surface area contributed by atoms with E-state index in [9.17, 15) is 30.3 Å². The number of ether oxygens (including phenoxy) is 2. The van der Waals surface area contributed by atoms with Crippen LogP contribution in [0.2, 0.25) is 0 Å². The number of unbranched alkanes of at least 4 members (excludes halogenated alkanes) is 49. The van der Waals surface area contributed by atoms with E-state index in [-0.39, 0.29) is 12.5 Å². The molecule has 0 aromatic heterocycles. The second kappa shape index (κ2) is 66.8. The van der Waals surface area contributed by atoms with Crippen LogP contribution in [0.4, 0.5) is 0 Å². The number of hydrogen-bond acceptors (Lipinski definition) is 8. The Bertz CT molecular complexity index is 1560. The Morgan fingerprint density at radius 1 is 0.402 bits per heavy atom. The highest BCUT2D eigenvalue weighted by Crippen LogP contribution is 2.24. The van der Waals surface area contributed by atoms with E-state index >= 15 is 0 Å². The van der Waals surface area contributed by atoms with Crippen molar-refractivity contribution in [2.45, 2.75) is 416 Å². The third kappa shape index (κ3) is 55.3. The van der Waals surface area contributed by atoms with Crippen molar-refractivity contribution in [2.24, 2.45) is 0 Å². The van der Waals surface area contributed by atoms with Crippen LogP contribution in [0.3, 0.4) is 0 Å². The van der Waals surface area contributed by atoms with Gasteiger partial charge in [0.05, 0.1) is 25.4 Å². The Labute approximate surface area is 538 Å². The number of amides is 1. The lowest BCUT2D eigenvalue weighted by molar-refractivity contribution is -0.302. The summed E-state index contributed by atoms with van der Waals surface area (Å²) >= 11 is 0. The fraction of sp³-hybridized carbons (Fsp3) is 0.859. The van der Waals surface area contributed by atoms with Gasteiger partial charge in [-0.1, -0.05) is 370 Å². The van der Waals surface area contributed by atoms with Crippen molar-refractivity contribution in [2.75, 3.05) is 13.2 Å². The first-order chi connectivity index (χ1) is 42.8. The molecule has 0 saturated carbocycles. The summed E-state index contributed by atoms with van der Waals surface area (Å²) in [5, 5.41) is 54.9. The molecule has 1 heterocycles. The molecule has 1 aliphatic rings. The van der Waals surface area contributed by atoms with Gasteiger partial charge in [0.2, 0.25) is 5.91 Å². The normalized spacial score (nSPS) is 18.3. The first-order valence-corrected chi connectivity index (χ1v) is 38.0. The van der Waals surface area contributed by atoms with Crippen LogP contribution in [0.15, 0.2) is 60.8 Å². The number of allylic oxidation sites excluding steroid dienone is 9. The van der Waals surface area contributed by atoms with Gasteiger partial charge in [0.1, 0.15) is 24.4 Å². The minimum absolute atomic E-state index is 0.170. The van der Waals surface area contributed by atoms with Crippen molar-refractivity contribution in [3.8, 4) is 0 Å². The summed E-state index contributed by atoms with van der Waals surface area (Å²) in [5.41, 5.74) is 0. The van der Waals surface area contributed by atoms with Crippen LogP contribution in [0, 0.1) is 0 Å². The molecular formula is C78H145NO8. The molecule has 87 heavy (non-hydrogen) atoms.